The van der Waals surface area contributed by atoms with Crippen LogP contribution in [0.5, 0.6) is 11.5 Å². The predicted octanol–water partition coefficient (Wildman–Crippen LogP) is 3.52. The summed E-state index contributed by atoms with van der Waals surface area (Å²) in [6, 6.07) is 7.17. The SMILES string of the molecule is CCOC(=O)c1cc(N)ccc1Oc1ccc(F)cc1F. The fourth-order valence-electron chi connectivity index (χ4n) is 1.68. The van der Waals surface area contributed by atoms with Crippen molar-refractivity contribution < 1.29 is 23.0 Å². The van der Waals surface area contributed by atoms with E-state index in [9.17, 15) is 13.6 Å². The summed E-state index contributed by atoms with van der Waals surface area (Å²) in [4.78, 5) is 11.8. The molecule has 0 radical (unpaired) electrons. The Hall–Kier alpha value is -2.63. The lowest BCUT2D eigenvalue weighted by Gasteiger charge is -2.11. The number of ether oxygens (including phenoxy) is 2. The number of carbonyl (C=O) groups is 1. The van der Waals surface area contributed by atoms with Gasteiger partial charge in [-0.05, 0) is 37.3 Å². The third-order valence-corrected chi connectivity index (χ3v) is 2.61. The number of esters is 1. The number of anilines is 1. The van der Waals surface area contributed by atoms with Crippen LogP contribution in [-0.4, -0.2) is 12.6 Å². The number of benzene rings is 2. The third kappa shape index (κ3) is 3.47. The lowest BCUT2D eigenvalue weighted by Crippen LogP contribution is -2.07. The maximum Gasteiger partial charge on any atom is 0.342 e. The number of hydrogen-bond donors (Lipinski definition) is 1. The molecule has 0 heterocycles. The van der Waals surface area contributed by atoms with E-state index >= 15 is 0 Å². The first-order valence-electron chi connectivity index (χ1n) is 6.20. The van der Waals surface area contributed by atoms with Crippen LogP contribution in [0.25, 0.3) is 0 Å². The maximum atomic E-state index is 13.6. The molecule has 0 saturated carbocycles. The maximum absolute atomic E-state index is 13.6. The van der Waals surface area contributed by atoms with Gasteiger partial charge in [0.2, 0.25) is 0 Å². The van der Waals surface area contributed by atoms with Gasteiger partial charge in [-0.3, -0.25) is 0 Å². The molecule has 0 saturated heterocycles. The monoisotopic (exact) mass is 293 g/mol. The standard InChI is InChI=1S/C15H13F2NO3/c1-2-20-15(19)11-8-10(18)4-6-13(11)21-14-5-3-9(16)7-12(14)17/h3-8H,2,18H2,1H3. The first-order valence-corrected chi connectivity index (χ1v) is 6.20. The highest BCUT2D eigenvalue weighted by Crippen LogP contribution is 2.29. The minimum absolute atomic E-state index is 0.0700. The molecule has 0 aromatic heterocycles. The zero-order valence-electron chi connectivity index (χ0n) is 11.2. The van der Waals surface area contributed by atoms with Crippen LogP contribution in [0.2, 0.25) is 0 Å². The molecule has 0 aliphatic heterocycles. The topological polar surface area (TPSA) is 61.5 Å². The van der Waals surface area contributed by atoms with E-state index in [1.54, 1.807) is 6.92 Å². The highest BCUT2D eigenvalue weighted by Gasteiger charge is 2.16. The molecule has 0 atom stereocenters. The Bertz CT molecular complexity index is 674. The molecule has 110 valence electrons. The Kier molecular flexibility index (Phi) is 4.37. The van der Waals surface area contributed by atoms with Crippen molar-refractivity contribution in [3.63, 3.8) is 0 Å². The molecule has 0 aliphatic carbocycles. The molecule has 2 N–H and O–H groups in total. The van der Waals surface area contributed by atoms with Gasteiger partial charge in [0, 0.05) is 11.8 Å². The summed E-state index contributed by atoms with van der Waals surface area (Å²) < 4.78 is 36.7. The molecule has 2 rings (SSSR count). The average Bonchev–Trinajstić information content (AvgIpc) is 2.43. The van der Waals surface area contributed by atoms with E-state index in [2.05, 4.69) is 0 Å². The molecular weight excluding hydrogens is 280 g/mol. The van der Waals surface area contributed by atoms with E-state index in [0.717, 1.165) is 12.1 Å². The van der Waals surface area contributed by atoms with Crippen molar-refractivity contribution in [1.29, 1.82) is 0 Å². The summed E-state index contributed by atoms with van der Waals surface area (Å²) in [7, 11) is 0. The highest BCUT2D eigenvalue weighted by atomic mass is 19.1. The molecule has 2 aromatic carbocycles. The fraction of sp³-hybridized carbons (Fsp3) is 0.133. The second kappa shape index (κ2) is 6.21. The Labute approximate surface area is 120 Å². The fourth-order valence-corrected chi connectivity index (χ4v) is 1.68. The van der Waals surface area contributed by atoms with Gasteiger partial charge in [0.05, 0.1) is 6.61 Å². The van der Waals surface area contributed by atoms with Gasteiger partial charge in [0.1, 0.15) is 17.1 Å². The van der Waals surface area contributed by atoms with Crippen LogP contribution in [0, 0.1) is 11.6 Å². The molecule has 0 spiro atoms. The molecule has 0 aliphatic rings. The van der Waals surface area contributed by atoms with E-state index in [1.165, 1.54) is 18.2 Å². The van der Waals surface area contributed by atoms with Gasteiger partial charge >= 0.3 is 5.97 Å². The van der Waals surface area contributed by atoms with Crippen LogP contribution in [0.4, 0.5) is 14.5 Å². The molecule has 4 nitrogen and oxygen atoms in total. The van der Waals surface area contributed by atoms with Gasteiger partial charge < -0.3 is 15.2 Å². The lowest BCUT2D eigenvalue weighted by molar-refractivity contribution is 0.0523. The first-order chi connectivity index (χ1) is 10.0. The van der Waals surface area contributed by atoms with Gasteiger partial charge in [-0.2, -0.15) is 0 Å². The molecule has 0 amide bonds. The van der Waals surface area contributed by atoms with Crippen molar-refractivity contribution in [3.8, 4) is 11.5 Å². The van der Waals surface area contributed by atoms with Gasteiger partial charge in [0.15, 0.2) is 11.6 Å². The Balaban J connectivity index is 2.37. The van der Waals surface area contributed by atoms with E-state index < -0.39 is 17.6 Å². The van der Waals surface area contributed by atoms with E-state index in [0.29, 0.717) is 11.8 Å². The second-order valence-corrected chi connectivity index (χ2v) is 4.15. The average molecular weight is 293 g/mol. The molecule has 2 aromatic rings. The Morgan fingerprint density at radius 3 is 2.52 bits per heavy atom. The van der Waals surface area contributed by atoms with Crippen LogP contribution >= 0.6 is 0 Å². The Morgan fingerprint density at radius 1 is 1.14 bits per heavy atom. The zero-order chi connectivity index (χ0) is 15.4. The lowest BCUT2D eigenvalue weighted by atomic mass is 10.2. The van der Waals surface area contributed by atoms with Crippen molar-refractivity contribution in [3.05, 3.63) is 53.6 Å². The summed E-state index contributed by atoms with van der Waals surface area (Å²) in [6.07, 6.45) is 0. The molecule has 21 heavy (non-hydrogen) atoms. The summed E-state index contributed by atoms with van der Waals surface area (Å²) in [5, 5.41) is 0. The first kappa shape index (κ1) is 14.8. The smallest absolute Gasteiger partial charge is 0.342 e. The number of nitrogens with two attached hydrogens (primary N) is 1. The number of hydrogen-bond acceptors (Lipinski definition) is 4. The van der Waals surface area contributed by atoms with Crippen LogP contribution in [0.3, 0.4) is 0 Å². The van der Waals surface area contributed by atoms with Gasteiger partial charge in [-0.15, -0.1) is 0 Å². The van der Waals surface area contributed by atoms with Gasteiger partial charge in [-0.25, -0.2) is 13.6 Å². The number of rotatable bonds is 4. The largest absolute Gasteiger partial charge is 0.462 e. The van der Waals surface area contributed by atoms with Crippen molar-refractivity contribution in [2.24, 2.45) is 0 Å². The summed E-state index contributed by atoms with van der Waals surface area (Å²) in [5.74, 6) is -2.35. The molecule has 6 heteroatoms. The zero-order valence-corrected chi connectivity index (χ0v) is 11.2. The van der Waals surface area contributed by atoms with Gasteiger partial charge in [-0.1, -0.05) is 0 Å². The highest BCUT2D eigenvalue weighted by molar-refractivity contribution is 5.93. The van der Waals surface area contributed by atoms with E-state index in [4.69, 9.17) is 15.2 Å². The number of nitrogen functional groups attached to an aromatic ring is 1. The van der Waals surface area contributed by atoms with Crippen molar-refractivity contribution in [2.75, 3.05) is 12.3 Å². The second-order valence-electron chi connectivity index (χ2n) is 4.15. The summed E-state index contributed by atoms with van der Waals surface area (Å²) in [6.45, 7) is 1.84. The van der Waals surface area contributed by atoms with Crippen LogP contribution < -0.4 is 10.5 Å². The number of halogens is 2. The predicted molar refractivity (Wildman–Crippen MR) is 73.2 cm³/mol. The molecule has 0 fully saturated rings. The molecular formula is C15H13F2NO3. The third-order valence-electron chi connectivity index (χ3n) is 2.61. The minimum atomic E-state index is -0.873. The summed E-state index contributed by atoms with van der Waals surface area (Å²) in [5.41, 5.74) is 6.03. The molecule has 0 bridgehead atoms. The van der Waals surface area contributed by atoms with Crippen LogP contribution in [0.1, 0.15) is 17.3 Å². The van der Waals surface area contributed by atoms with Crippen molar-refractivity contribution >= 4 is 11.7 Å². The summed E-state index contributed by atoms with van der Waals surface area (Å²) >= 11 is 0. The molecule has 0 unspecified atom stereocenters. The van der Waals surface area contributed by atoms with Crippen LogP contribution in [0.15, 0.2) is 36.4 Å². The van der Waals surface area contributed by atoms with E-state index in [-0.39, 0.29) is 23.7 Å². The van der Waals surface area contributed by atoms with Crippen molar-refractivity contribution in [1.82, 2.24) is 0 Å². The quantitative estimate of drug-likeness (QED) is 0.692. The van der Waals surface area contributed by atoms with Crippen LogP contribution in [-0.2, 0) is 4.74 Å². The van der Waals surface area contributed by atoms with E-state index in [1.807, 2.05) is 0 Å². The Morgan fingerprint density at radius 2 is 1.86 bits per heavy atom. The van der Waals surface area contributed by atoms with Crippen molar-refractivity contribution in [2.45, 2.75) is 6.92 Å². The normalized spacial score (nSPS) is 10.2. The number of carbonyl (C=O) groups excluding carboxylic acids is 1. The van der Waals surface area contributed by atoms with Gasteiger partial charge in [0.25, 0.3) is 0 Å². The minimum Gasteiger partial charge on any atom is -0.462 e.